The van der Waals surface area contributed by atoms with E-state index in [0.717, 1.165) is 29.4 Å². The Labute approximate surface area is 413 Å². The Bertz CT molecular complexity index is 2680. The van der Waals surface area contributed by atoms with Crippen LogP contribution in [0.2, 0.25) is 0 Å². The maximum absolute atomic E-state index is 14.7. The number of halogens is 4. The van der Waals surface area contributed by atoms with Gasteiger partial charge < -0.3 is 21.1 Å². The zero-order chi connectivity index (χ0) is 41.4. The number of ether oxygens (including phenoxy) is 2. The van der Waals surface area contributed by atoms with E-state index in [1.54, 1.807) is 101 Å². The van der Waals surface area contributed by atoms with Crippen LogP contribution in [0.25, 0.3) is 11.4 Å². The average Bonchev–Trinajstić information content (AvgIpc) is 3.18. The van der Waals surface area contributed by atoms with Crippen LogP contribution in [-0.4, -0.2) is 73.3 Å². The van der Waals surface area contributed by atoms with Crippen molar-refractivity contribution in [1.29, 1.82) is 0 Å². The van der Waals surface area contributed by atoms with Crippen LogP contribution in [0.4, 0.5) is 20.4 Å². The van der Waals surface area contributed by atoms with Gasteiger partial charge in [0.1, 0.15) is 34.8 Å². The van der Waals surface area contributed by atoms with E-state index in [-0.39, 0.29) is 97.8 Å². The molecule has 0 aliphatic carbocycles. The van der Waals surface area contributed by atoms with E-state index in [0.29, 0.717) is 18.6 Å². The molecule has 62 heavy (non-hydrogen) atoms. The van der Waals surface area contributed by atoms with E-state index in [9.17, 15) is 28.0 Å². The number of nitrogens with zero attached hydrogens (tertiary/aromatic N) is 6. The van der Waals surface area contributed by atoms with E-state index in [2.05, 4.69) is 10.3 Å². The monoisotopic (exact) mass is 1090 g/mol. The van der Waals surface area contributed by atoms with Gasteiger partial charge in [0.2, 0.25) is 0 Å². The summed E-state index contributed by atoms with van der Waals surface area (Å²) in [6.07, 6.45) is 1.45. The number of benzene rings is 4. The van der Waals surface area contributed by atoms with Crippen molar-refractivity contribution in [2.24, 2.45) is 4.99 Å². The Balaban J connectivity index is 0. The number of aromatic nitrogens is 4. The molecular formula is C43H50BF2I2N7NaO6. The van der Waals surface area contributed by atoms with Gasteiger partial charge in [0.15, 0.2) is 0 Å². The third-order valence-corrected chi connectivity index (χ3v) is 9.68. The van der Waals surface area contributed by atoms with Crippen molar-refractivity contribution in [1.82, 2.24) is 23.2 Å². The zero-order valence-electron chi connectivity index (χ0n) is 34.0. The molecule has 0 unspecified atom stereocenters. The number of nitrogens with one attached hydrogen (secondary N) is 1. The summed E-state index contributed by atoms with van der Waals surface area (Å²) < 4.78 is 45.2. The number of hydrogen-bond donors (Lipinski definition) is 1. The topological polar surface area (TPSA) is 134 Å². The van der Waals surface area contributed by atoms with Gasteiger partial charge in [0.05, 0.1) is 45.0 Å². The summed E-state index contributed by atoms with van der Waals surface area (Å²) in [5.41, 5.74) is -0.711. The molecule has 0 atom stereocenters. The fraction of sp³-hybridized carbons (Fsp3) is 0.233. The maximum atomic E-state index is 14.7. The second-order valence-electron chi connectivity index (χ2n) is 12.5. The number of hydrogen-bond acceptors (Lipinski definition) is 8. The molecule has 0 aliphatic heterocycles. The molecule has 3 radical (unpaired) electrons. The fourth-order valence-electron chi connectivity index (χ4n) is 5.50. The molecule has 0 spiro atoms. The molecule has 325 valence electrons. The van der Waals surface area contributed by atoms with Gasteiger partial charge >= 0.3 is 40.9 Å². The molecule has 0 amide bonds. The van der Waals surface area contributed by atoms with Crippen LogP contribution in [0.3, 0.4) is 0 Å². The standard InChI is InChI=1S/C21H20FIN4O3.C19H17FIN3O3.3CH4.B.Na.H/c1-25(2)13-24-19-11-20(28)26(12-14-4-7-16(30-3)8-5-14)21(29)27(19)18-9-6-15(23)10-17(18)22;1-22-17-10-18(25)23(11-12-3-6-14(27-2)7-4-12)19(26)24(17)16-8-5-13(21)9-15(16)20;;;;;;/h4-11,13H,12H2,1-3H3;3-10,22H,11H2,1-2H3;3*1H4;;;/q;;;;;;+1;-1. The van der Waals surface area contributed by atoms with Gasteiger partial charge in [-0.05, 0) is 117 Å². The molecule has 0 bridgehead atoms. The van der Waals surface area contributed by atoms with Crippen molar-refractivity contribution in [3.8, 4) is 22.9 Å². The summed E-state index contributed by atoms with van der Waals surface area (Å²) in [6, 6.07) is 25.6. The van der Waals surface area contributed by atoms with Crippen molar-refractivity contribution in [2.75, 3.05) is 40.7 Å². The number of rotatable bonds is 11. The average molecular weight is 1090 g/mol. The minimum Gasteiger partial charge on any atom is -1.00 e. The number of aliphatic imine (C=N–C) groups is 1. The molecule has 0 aliphatic rings. The number of anilines is 1. The molecule has 19 heteroatoms. The van der Waals surface area contributed by atoms with Crippen LogP contribution in [0.15, 0.2) is 121 Å². The predicted octanol–water partition coefficient (Wildman–Crippen LogP) is 4.51. The molecule has 0 fully saturated rings. The minimum absolute atomic E-state index is 0. The molecule has 6 rings (SSSR count). The Morgan fingerprint density at radius 1 is 0.677 bits per heavy atom. The van der Waals surface area contributed by atoms with Gasteiger partial charge in [0.25, 0.3) is 11.1 Å². The SMILES string of the molecule is C.C.C.CNc1cc(=O)n(Cc2ccc(OC)cc2)c(=O)n1-c1ccc(I)cc1F.COc1ccc(Cn2c(=O)cc(N=CN(C)C)n(-c3ccc(I)cc3F)c2=O)cc1.[B].[H-].[Na+]. The molecule has 2 aromatic heterocycles. The quantitative estimate of drug-likeness (QED) is 0.0869. The van der Waals surface area contributed by atoms with E-state index in [1.165, 1.54) is 42.7 Å². The van der Waals surface area contributed by atoms with Crippen molar-refractivity contribution in [3.63, 3.8) is 0 Å². The second kappa shape index (κ2) is 26.2. The van der Waals surface area contributed by atoms with Gasteiger partial charge in [-0.2, -0.15) is 0 Å². The van der Waals surface area contributed by atoms with Crippen molar-refractivity contribution in [2.45, 2.75) is 35.4 Å². The summed E-state index contributed by atoms with van der Waals surface area (Å²) >= 11 is 3.98. The maximum Gasteiger partial charge on any atom is 1.00 e. The van der Waals surface area contributed by atoms with Gasteiger partial charge in [-0.3, -0.25) is 18.7 Å². The predicted molar refractivity (Wildman–Crippen MR) is 261 cm³/mol. The molecule has 2 heterocycles. The first-order valence-corrected chi connectivity index (χ1v) is 19.2. The van der Waals surface area contributed by atoms with Crippen molar-refractivity contribution in [3.05, 3.63) is 169 Å². The van der Waals surface area contributed by atoms with E-state index in [1.807, 2.05) is 45.2 Å². The van der Waals surface area contributed by atoms with Gasteiger partial charge in [0, 0.05) is 48.8 Å². The Kier molecular flexibility index (Phi) is 24.3. The van der Waals surface area contributed by atoms with Crippen LogP contribution in [-0.2, 0) is 13.1 Å². The normalized spacial score (nSPS) is 10.0. The smallest absolute Gasteiger partial charge is 1.00 e. The zero-order valence-corrected chi connectivity index (χ0v) is 39.3. The second-order valence-corrected chi connectivity index (χ2v) is 15.0. The molecule has 0 saturated carbocycles. The van der Waals surface area contributed by atoms with Crippen LogP contribution >= 0.6 is 45.2 Å². The Morgan fingerprint density at radius 2 is 1.08 bits per heavy atom. The Hall–Kier alpha value is -4.51. The van der Waals surface area contributed by atoms with E-state index in [4.69, 9.17) is 9.47 Å². The molecule has 0 saturated heterocycles. The van der Waals surface area contributed by atoms with Crippen LogP contribution in [0.1, 0.15) is 34.8 Å². The first-order chi connectivity index (χ1) is 27.2. The molecular weight excluding hydrogens is 1040 g/mol. The minimum atomic E-state index is -0.677. The van der Waals surface area contributed by atoms with Crippen LogP contribution in [0, 0.1) is 18.8 Å². The largest absolute Gasteiger partial charge is 1.00 e. The molecule has 13 nitrogen and oxygen atoms in total. The first-order valence-electron chi connectivity index (χ1n) is 17.0. The number of methoxy groups -OCH3 is 2. The molecule has 1 N–H and O–H groups in total. The van der Waals surface area contributed by atoms with Crippen LogP contribution < -0.4 is 66.8 Å². The summed E-state index contributed by atoms with van der Waals surface area (Å²) in [5, 5.41) is 2.79. The molecule has 4 aromatic carbocycles. The summed E-state index contributed by atoms with van der Waals surface area (Å²) in [5.74, 6) is 0.476. The van der Waals surface area contributed by atoms with E-state index >= 15 is 0 Å². The van der Waals surface area contributed by atoms with Gasteiger partial charge in [-0.1, -0.05) is 46.5 Å². The van der Waals surface area contributed by atoms with Gasteiger partial charge in [-0.25, -0.2) is 32.5 Å². The van der Waals surface area contributed by atoms with Crippen molar-refractivity contribution < 1.29 is 49.2 Å². The summed E-state index contributed by atoms with van der Waals surface area (Å²) in [6.45, 7) is 0.100. The van der Waals surface area contributed by atoms with E-state index < -0.39 is 34.1 Å². The van der Waals surface area contributed by atoms with Gasteiger partial charge in [-0.15, -0.1) is 0 Å². The first kappa shape index (κ1) is 57.5. The summed E-state index contributed by atoms with van der Waals surface area (Å²) in [4.78, 5) is 57.3. The van der Waals surface area contributed by atoms with Crippen LogP contribution in [0.5, 0.6) is 11.5 Å². The Morgan fingerprint density at radius 3 is 1.47 bits per heavy atom. The van der Waals surface area contributed by atoms with Crippen molar-refractivity contribution >= 4 is 71.6 Å². The third kappa shape index (κ3) is 14.0. The third-order valence-electron chi connectivity index (χ3n) is 8.34. The fourth-order valence-corrected chi connectivity index (χ4v) is 6.41. The summed E-state index contributed by atoms with van der Waals surface area (Å²) in [7, 11) is 8.19. The molecule has 6 aromatic rings.